The molecule has 4 nitrogen and oxygen atoms in total. The molecular formula is C12H11Cl2N3O. The van der Waals surface area contributed by atoms with E-state index in [2.05, 4.69) is 9.97 Å². The van der Waals surface area contributed by atoms with Crippen molar-refractivity contribution in [3.8, 4) is 11.6 Å². The maximum absolute atomic E-state index is 6.03. The van der Waals surface area contributed by atoms with Crippen LogP contribution in [0, 0.1) is 0 Å². The lowest BCUT2D eigenvalue weighted by molar-refractivity contribution is 0.462. The van der Waals surface area contributed by atoms with Crippen molar-refractivity contribution in [2.75, 3.05) is 5.73 Å². The van der Waals surface area contributed by atoms with Crippen LogP contribution < -0.4 is 10.5 Å². The van der Waals surface area contributed by atoms with Gasteiger partial charge in [0, 0.05) is 5.02 Å². The summed E-state index contributed by atoms with van der Waals surface area (Å²) in [4.78, 5) is 7.69. The third-order valence-corrected chi connectivity index (χ3v) is 2.97. The van der Waals surface area contributed by atoms with Gasteiger partial charge in [-0.15, -0.1) is 0 Å². The molecule has 0 saturated carbocycles. The lowest BCUT2D eigenvalue weighted by Crippen LogP contribution is -1.97. The van der Waals surface area contributed by atoms with E-state index < -0.39 is 0 Å². The number of nitrogen functional groups attached to an aromatic ring is 1. The van der Waals surface area contributed by atoms with E-state index in [9.17, 15) is 0 Å². The van der Waals surface area contributed by atoms with Crippen LogP contribution in [0.25, 0.3) is 0 Å². The van der Waals surface area contributed by atoms with E-state index in [1.165, 1.54) is 6.20 Å². The molecule has 18 heavy (non-hydrogen) atoms. The van der Waals surface area contributed by atoms with Gasteiger partial charge in [0.25, 0.3) is 0 Å². The van der Waals surface area contributed by atoms with Gasteiger partial charge in [-0.25, -0.2) is 4.98 Å². The third kappa shape index (κ3) is 2.83. The number of benzene rings is 1. The van der Waals surface area contributed by atoms with E-state index in [0.29, 0.717) is 15.8 Å². The summed E-state index contributed by atoms with van der Waals surface area (Å²) in [5.41, 5.74) is 6.47. The number of nitrogens with two attached hydrogens (primary N) is 1. The van der Waals surface area contributed by atoms with Crippen molar-refractivity contribution in [1.29, 1.82) is 0 Å². The van der Waals surface area contributed by atoms with Crippen LogP contribution in [-0.2, 0) is 6.42 Å². The molecule has 2 aromatic rings. The Hall–Kier alpha value is -1.52. The maximum Gasteiger partial charge on any atom is 0.243 e. The van der Waals surface area contributed by atoms with Gasteiger partial charge in [0.15, 0.2) is 0 Å². The van der Waals surface area contributed by atoms with Crippen LogP contribution in [0.3, 0.4) is 0 Å². The number of hydrogen-bond acceptors (Lipinski definition) is 4. The molecule has 1 aromatic carbocycles. The normalized spacial score (nSPS) is 10.4. The average molecular weight is 284 g/mol. The minimum atomic E-state index is 0.110. The third-order valence-electron chi connectivity index (χ3n) is 2.34. The first kappa shape index (κ1) is 12.9. The molecule has 0 amide bonds. The highest BCUT2D eigenvalue weighted by atomic mass is 35.5. The molecule has 0 bridgehead atoms. The summed E-state index contributed by atoms with van der Waals surface area (Å²) in [6.07, 6.45) is 2.21. The quantitative estimate of drug-likeness (QED) is 0.933. The van der Waals surface area contributed by atoms with Gasteiger partial charge in [-0.2, -0.15) is 4.98 Å². The first-order chi connectivity index (χ1) is 8.60. The molecule has 0 spiro atoms. The highest BCUT2D eigenvalue weighted by molar-refractivity contribution is 6.32. The van der Waals surface area contributed by atoms with E-state index in [0.717, 1.165) is 12.0 Å². The van der Waals surface area contributed by atoms with Crippen molar-refractivity contribution in [3.05, 3.63) is 40.0 Å². The van der Waals surface area contributed by atoms with Gasteiger partial charge in [0.1, 0.15) is 10.8 Å². The van der Waals surface area contributed by atoms with E-state index in [1.54, 1.807) is 12.1 Å². The van der Waals surface area contributed by atoms with Gasteiger partial charge in [-0.1, -0.05) is 30.1 Å². The van der Waals surface area contributed by atoms with E-state index in [1.807, 2.05) is 13.0 Å². The smallest absolute Gasteiger partial charge is 0.243 e. The number of rotatable bonds is 3. The second kappa shape index (κ2) is 5.42. The average Bonchev–Trinajstić information content (AvgIpc) is 2.36. The summed E-state index contributed by atoms with van der Waals surface area (Å²) in [6, 6.07) is 5.36. The molecule has 0 radical (unpaired) electrons. The fraction of sp³-hybridized carbons (Fsp3) is 0.167. The summed E-state index contributed by atoms with van der Waals surface area (Å²) in [6.45, 7) is 2.01. The molecule has 0 atom stereocenters. The molecule has 0 fully saturated rings. The van der Waals surface area contributed by atoms with Gasteiger partial charge < -0.3 is 10.5 Å². The summed E-state index contributed by atoms with van der Waals surface area (Å²) in [7, 11) is 0. The van der Waals surface area contributed by atoms with Crippen LogP contribution in [0.1, 0.15) is 12.5 Å². The fourth-order valence-corrected chi connectivity index (χ4v) is 1.81. The maximum atomic E-state index is 6.03. The number of nitrogens with zero attached hydrogens (tertiary/aromatic N) is 2. The lowest BCUT2D eigenvalue weighted by atomic mass is 10.1. The number of aryl methyl sites for hydroxylation is 1. The Morgan fingerprint density at radius 3 is 2.78 bits per heavy atom. The summed E-state index contributed by atoms with van der Waals surface area (Å²) >= 11 is 11.9. The van der Waals surface area contributed by atoms with Crippen LogP contribution in [0.2, 0.25) is 10.0 Å². The summed E-state index contributed by atoms with van der Waals surface area (Å²) in [5.74, 6) is 0.948. The lowest BCUT2D eigenvalue weighted by Gasteiger charge is -2.08. The zero-order valence-corrected chi connectivity index (χ0v) is 11.2. The Morgan fingerprint density at radius 2 is 2.06 bits per heavy atom. The first-order valence-electron chi connectivity index (χ1n) is 5.34. The summed E-state index contributed by atoms with van der Waals surface area (Å²) in [5, 5.41) is 1.01. The number of ether oxygens (including phenoxy) is 1. The van der Waals surface area contributed by atoms with Crippen LogP contribution in [0.15, 0.2) is 24.4 Å². The van der Waals surface area contributed by atoms with Crippen LogP contribution in [-0.4, -0.2) is 9.97 Å². The molecule has 1 heterocycles. The fourth-order valence-electron chi connectivity index (χ4n) is 1.43. The van der Waals surface area contributed by atoms with E-state index in [4.69, 9.17) is 33.7 Å². The zero-order chi connectivity index (χ0) is 13.1. The molecule has 6 heteroatoms. The molecule has 0 aliphatic heterocycles. The Balaban J connectivity index is 2.31. The first-order valence-corrected chi connectivity index (χ1v) is 6.10. The Morgan fingerprint density at radius 1 is 1.28 bits per heavy atom. The Bertz CT molecular complexity index is 575. The molecule has 0 aliphatic rings. The predicted molar refractivity (Wildman–Crippen MR) is 72.4 cm³/mol. The second-order valence-corrected chi connectivity index (χ2v) is 4.40. The molecule has 1 aromatic heterocycles. The van der Waals surface area contributed by atoms with Crippen molar-refractivity contribution in [2.45, 2.75) is 13.3 Å². The number of halogens is 2. The predicted octanol–water partition coefficient (Wildman–Crippen LogP) is 3.72. The zero-order valence-electron chi connectivity index (χ0n) is 9.65. The van der Waals surface area contributed by atoms with Gasteiger partial charge >= 0.3 is 0 Å². The molecule has 2 N–H and O–H groups in total. The van der Waals surface area contributed by atoms with Crippen LogP contribution in [0.5, 0.6) is 11.6 Å². The molecule has 94 valence electrons. The molecule has 0 unspecified atom stereocenters. The van der Waals surface area contributed by atoms with Gasteiger partial charge in [0.2, 0.25) is 11.8 Å². The van der Waals surface area contributed by atoms with Crippen molar-refractivity contribution < 1.29 is 4.74 Å². The van der Waals surface area contributed by atoms with Crippen molar-refractivity contribution in [3.63, 3.8) is 0 Å². The topological polar surface area (TPSA) is 61.0 Å². The summed E-state index contributed by atoms with van der Waals surface area (Å²) < 4.78 is 5.57. The van der Waals surface area contributed by atoms with Crippen molar-refractivity contribution >= 4 is 29.2 Å². The molecule has 0 saturated heterocycles. The molecule has 0 aliphatic carbocycles. The van der Waals surface area contributed by atoms with Crippen LogP contribution in [0.4, 0.5) is 5.95 Å². The Kier molecular flexibility index (Phi) is 3.89. The second-order valence-electron chi connectivity index (χ2n) is 3.59. The highest BCUT2D eigenvalue weighted by Crippen LogP contribution is 2.29. The van der Waals surface area contributed by atoms with Gasteiger partial charge in [0.05, 0.1) is 6.20 Å². The monoisotopic (exact) mass is 283 g/mol. The van der Waals surface area contributed by atoms with E-state index >= 15 is 0 Å². The number of aromatic nitrogens is 2. The molecular weight excluding hydrogens is 273 g/mol. The highest BCUT2D eigenvalue weighted by Gasteiger charge is 2.08. The standard InChI is InChI=1S/C12H11Cl2N3O/c1-2-7-5-8(3-4-9(7)13)18-11-10(14)6-16-12(15)17-11/h3-6H,2H2,1H3,(H2,15,16,17). The largest absolute Gasteiger partial charge is 0.437 e. The van der Waals surface area contributed by atoms with Crippen molar-refractivity contribution in [2.24, 2.45) is 0 Å². The van der Waals surface area contributed by atoms with Crippen LogP contribution >= 0.6 is 23.2 Å². The number of hydrogen-bond donors (Lipinski definition) is 1. The number of anilines is 1. The van der Waals surface area contributed by atoms with Crippen molar-refractivity contribution in [1.82, 2.24) is 9.97 Å². The van der Waals surface area contributed by atoms with Gasteiger partial charge in [-0.05, 0) is 30.2 Å². The minimum absolute atomic E-state index is 0.110. The van der Waals surface area contributed by atoms with E-state index in [-0.39, 0.29) is 11.8 Å². The Labute approximate surface area is 115 Å². The minimum Gasteiger partial charge on any atom is -0.437 e. The SMILES string of the molecule is CCc1cc(Oc2nc(N)ncc2Cl)ccc1Cl. The molecule has 2 rings (SSSR count). The van der Waals surface area contributed by atoms with Gasteiger partial charge in [-0.3, -0.25) is 0 Å².